The number of hydrogen-bond acceptors (Lipinski definition) is 5. The molecule has 134 valence electrons. The SMILES string of the molecule is OCCOc1ccccc1CN1CCCO[C@@H](CN2CCCC2)C1. The first kappa shape index (κ1) is 17.7. The van der Waals surface area contributed by atoms with Crippen molar-refractivity contribution in [2.75, 3.05) is 52.5 Å². The second-order valence-corrected chi connectivity index (χ2v) is 6.77. The second-order valence-electron chi connectivity index (χ2n) is 6.77. The zero-order valence-electron chi connectivity index (χ0n) is 14.5. The molecule has 0 unspecified atom stereocenters. The van der Waals surface area contributed by atoms with Crippen LogP contribution < -0.4 is 4.74 Å². The Balaban J connectivity index is 1.58. The minimum Gasteiger partial charge on any atom is -0.491 e. The number of likely N-dealkylation sites (tertiary alicyclic amines) is 1. The molecule has 0 radical (unpaired) electrons. The standard InChI is InChI=1S/C19H30N2O3/c22-11-13-24-19-7-2-1-6-17(19)14-21-10-5-12-23-18(16-21)15-20-8-3-4-9-20/h1-2,6-7,18,22H,3-5,8-16H2/t18-/m0/s1. The van der Waals surface area contributed by atoms with Gasteiger partial charge in [-0.25, -0.2) is 0 Å². The van der Waals surface area contributed by atoms with Crippen LogP contribution in [0.5, 0.6) is 5.75 Å². The molecule has 2 saturated heterocycles. The summed E-state index contributed by atoms with van der Waals surface area (Å²) < 4.78 is 11.8. The van der Waals surface area contributed by atoms with Crippen molar-refractivity contribution in [3.05, 3.63) is 29.8 Å². The van der Waals surface area contributed by atoms with Crippen LogP contribution in [0.1, 0.15) is 24.8 Å². The van der Waals surface area contributed by atoms with Crippen molar-refractivity contribution in [2.24, 2.45) is 0 Å². The van der Waals surface area contributed by atoms with Crippen molar-refractivity contribution in [1.82, 2.24) is 9.80 Å². The molecule has 1 aromatic rings. The van der Waals surface area contributed by atoms with Crippen molar-refractivity contribution in [2.45, 2.75) is 31.9 Å². The number of para-hydroxylation sites is 1. The monoisotopic (exact) mass is 334 g/mol. The molecule has 5 nitrogen and oxygen atoms in total. The molecular formula is C19H30N2O3. The number of rotatable bonds is 7. The Morgan fingerprint density at radius 3 is 2.71 bits per heavy atom. The lowest BCUT2D eigenvalue weighted by Gasteiger charge is -2.27. The van der Waals surface area contributed by atoms with Crippen molar-refractivity contribution < 1.29 is 14.6 Å². The summed E-state index contributed by atoms with van der Waals surface area (Å²) in [5, 5.41) is 8.99. The van der Waals surface area contributed by atoms with Crippen LogP contribution in [0.4, 0.5) is 0 Å². The smallest absolute Gasteiger partial charge is 0.123 e. The molecule has 0 spiro atoms. The van der Waals surface area contributed by atoms with Gasteiger partial charge in [0.1, 0.15) is 12.4 Å². The molecule has 2 fully saturated rings. The lowest BCUT2D eigenvalue weighted by Crippen LogP contribution is -2.39. The van der Waals surface area contributed by atoms with Crippen molar-refractivity contribution in [3.63, 3.8) is 0 Å². The molecule has 2 aliphatic rings. The van der Waals surface area contributed by atoms with Gasteiger partial charge in [-0.1, -0.05) is 18.2 Å². The van der Waals surface area contributed by atoms with E-state index in [1.807, 2.05) is 12.1 Å². The molecule has 1 atom stereocenters. The van der Waals surface area contributed by atoms with Gasteiger partial charge in [-0.2, -0.15) is 0 Å². The van der Waals surface area contributed by atoms with Gasteiger partial charge in [-0.05, 0) is 38.4 Å². The van der Waals surface area contributed by atoms with Crippen molar-refractivity contribution in [3.8, 4) is 5.75 Å². The Bertz CT molecular complexity index is 491. The van der Waals surface area contributed by atoms with Crippen LogP contribution >= 0.6 is 0 Å². The van der Waals surface area contributed by atoms with Crippen LogP contribution in [0.3, 0.4) is 0 Å². The minimum atomic E-state index is 0.0454. The summed E-state index contributed by atoms with van der Waals surface area (Å²) in [5.74, 6) is 0.882. The van der Waals surface area contributed by atoms with Gasteiger partial charge in [0, 0.05) is 38.3 Å². The van der Waals surface area contributed by atoms with E-state index in [-0.39, 0.29) is 6.61 Å². The highest BCUT2D eigenvalue weighted by Crippen LogP contribution is 2.21. The maximum Gasteiger partial charge on any atom is 0.123 e. The molecule has 0 aliphatic carbocycles. The molecule has 0 bridgehead atoms. The third-order valence-corrected chi connectivity index (χ3v) is 4.81. The van der Waals surface area contributed by atoms with E-state index in [2.05, 4.69) is 21.9 Å². The van der Waals surface area contributed by atoms with Crippen LogP contribution in [0.2, 0.25) is 0 Å². The number of ether oxygens (including phenoxy) is 2. The predicted molar refractivity (Wildman–Crippen MR) is 94.3 cm³/mol. The maximum absolute atomic E-state index is 8.99. The summed E-state index contributed by atoms with van der Waals surface area (Å²) in [5.41, 5.74) is 1.19. The van der Waals surface area contributed by atoms with Gasteiger partial charge in [-0.3, -0.25) is 4.90 Å². The normalized spacial score (nSPS) is 23.3. The quantitative estimate of drug-likeness (QED) is 0.823. The molecule has 3 rings (SSSR count). The molecule has 0 saturated carbocycles. The summed E-state index contributed by atoms with van der Waals surface area (Å²) in [4.78, 5) is 5.02. The Morgan fingerprint density at radius 2 is 1.88 bits per heavy atom. The third kappa shape index (κ3) is 5.18. The Morgan fingerprint density at radius 1 is 1.08 bits per heavy atom. The van der Waals surface area contributed by atoms with E-state index >= 15 is 0 Å². The molecule has 2 heterocycles. The zero-order valence-corrected chi connectivity index (χ0v) is 14.5. The molecule has 24 heavy (non-hydrogen) atoms. The molecule has 1 aromatic carbocycles. The highest BCUT2D eigenvalue weighted by molar-refractivity contribution is 5.33. The van der Waals surface area contributed by atoms with E-state index in [1.165, 1.54) is 31.5 Å². The lowest BCUT2D eigenvalue weighted by molar-refractivity contribution is 0.0307. The average Bonchev–Trinajstić information content (AvgIpc) is 3.01. The summed E-state index contributed by atoms with van der Waals surface area (Å²) in [7, 11) is 0. The fraction of sp³-hybridized carbons (Fsp3) is 0.684. The number of hydrogen-bond donors (Lipinski definition) is 1. The van der Waals surface area contributed by atoms with E-state index in [0.717, 1.165) is 45.0 Å². The molecular weight excluding hydrogens is 304 g/mol. The third-order valence-electron chi connectivity index (χ3n) is 4.81. The minimum absolute atomic E-state index is 0.0454. The van der Waals surface area contributed by atoms with Gasteiger partial charge < -0.3 is 19.5 Å². The summed E-state index contributed by atoms with van der Waals surface area (Å²) in [6.07, 6.45) is 4.03. The van der Waals surface area contributed by atoms with Gasteiger partial charge in [0.25, 0.3) is 0 Å². The summed E-state index contributed by atoms with van der Waals surface area (Å²) in [6, 6.07) is 8.14. The number of benzene rings is 1. The fourth-order valence-electron chi connectivity index (χ4n) is 3.65. The highest BCUT2D eigenvalue weighted by atomic mass is 16.5. The maximum atomic E-state index is 8.99. The van der Waals surface area contributed by atoms with Gasteiger partial charge in [0.2, 0.25) is 0 Å². The molecule has 5 heteroatoms. The van der Waals surface area contributed by atoms with Crippen LogP contribution in [0.15, 0.2) is 24.3 Å². The molecule has 0 aromatic heterocycles. The first-order chi connectivity index (χ1) is 11.8. The summed E-state index contributed by atoms with van der Waals surface area (Å²) >= 11 is 0. The molecule has 2 aliphatic heterocycles. The fourth-order valence-corrected chi connectivity index (χ4v) is 3.65. The van der Waals surface area contributed by atoms with Gasteiger partial charge >= 0.3 is 0 Å². The van der Waals surface area contributed by atoms with Crippen LogP contribution in [0, 0.1) is 0 Å². The Kier molecular flexibility index (Phi) is 6.90. The summed E-state index contributed by atoms with van der Waals surface area (Å²) in [6.45, 7) is 7.66. The van der Waals surface area contributed by atoms with Crippen molar-refractivity contribution in [1.29, 1.82) is 0 Å². The molecule has 1 N–H and O–H groups in total. The van der Waals surface area contributed by atoms with E-state index in [4.69, 9.17) is 14.6 Å². The van der Waals surface area contributed by atoms with E-state index in [0.29, 0.717) is 12.7 Å². The number of nitrogens with zero attached hydrogens (tertiary/aromatic N) is 2. The Labute approximate surface area is 145 Å². The average molecular weight is 334 g/mol. The first-order valence-corrected chi connectivity index (χ1v) is 9.23. The predicted octanol–water partition coefficient (Wildman–Crippen LogP) is 1.74. The van der Waals surface area contributed by atoms with Crippen molar-refractivity contribution >= 4 is 0 Å². The van der Waals surface area contributed by atoms with E-state index in [1.54, 1.807) is 0 Å². The largest absolute Gasteiger partial charge is 0.491 e. The van der Waals surface area contributed by atoms with Crippen LogP contribution in [0.25, 0.3) is 0 Å². The number of aliphatic hydroxyl groups excluding tert-OH is 1. The number of aliphatic hydroxyl groups is 1. The van der Waals surface area contributed by atoms with Gasteiger partial charge in [-0.15, -0.1) is 0 Å². The Hall–Kier alpha value is -1.14. The van der Waals surface area contributed by atoms with Gasteiger partial charge in [0.05, 0.1) is 12.7 Å². The van der Waals surface area contributed by atoms with Crippen LogP contribution in [-0.4, -0.2) is 73.6 Å². The molecule has 0 amide bonds. The van der Waals surface area contributed by atoms with E-state index in [9.17, 15) is 0 Å². The van der Waals surface area contributed by atoms with E-state index < -0.39 is 0 Å². The second kappa shape index (κ2) is 9.37. The van der Waals surface area contributed by atoms with Crippen LogP contribution in [-0.2, 0) is 11.3 Å². The zero-order chi connectivity index (χ0) is 16.6. The van der Waals surface area contributed by atoms with Gasteiger partial charge in [0.15, 0.2) is 0 Å². The first-order valence-electron chi connectivity index (χ1n) is 9.23. The highest BCUT2D eigenvalue weighted by Gasteiger charge is 2.23. The lowest BCUT2D eigenvalue weighted by atomic mass is 10.1. The topological polar surface area (TPSA) is 45.2 Å².